The van der Waals surface area contributed by atoms with Crippen LogP contribution in [0.1, 0.15) is 36.2 Å². The SMILES string of the molecule is CCC(=O)c1ccc(-c2ccc(C(F)(F)F)cc2)cc1S(=O)(=O)CC. The lowest BCUT2D eigenvalue weighted by atomic mass is 10.0. The fourth-order valence-corrected chi connectivity index (χ4v) is 3.52. The first kappa shape index (κ1) is 19.2. The molecule has 0 aromatic heterocycles. The second-order valence-corrected chi connectivity index (χ2v) is 7.71. The Balaban J connectivity index is 2.57. The van der Waals surface area contributed by atoms with E-state index in [1.54, 1.807) is 13.0 Å². The van der Waals surface area contributed by atoms with E-state index in [1.165, 1.54) is 31.2 Å². The number of alkyl halides is 3. The van der Waals surface area contributed by atoms with Gasteiger partial charge in [-0.1, -0.05) is 32.0 Å². The van der Waals surface area contributed by atoms with Gasteiger partial charge < -0.3 is 0 Å². The van der Waals surface area contributed by atoms with E-state index < -0.39 is 21.6 Å². The number of benzene rings is 2. The number of sulfone groups is 1. The highest BCUT2D eigenvalue weighted by Crippen LogP contribution is 2.32. The lowest BCUT2D eigenvalue weighted by Gasteiger charge is -2.12. The number of Topliss-reactive ketones (excluding diaryl/α,β-unsaturated/α-hetero) is 1. The van der Waals surface area contributed by atoms with Gasteiger partial charge >= 0.3 is 6.18 Å². The summed E-state index contributed by atoms with van der Waals surface area (Å²) < 4.78 is 62.6. The highest BCUT2D eigenvalue weighted by Gasteiger charge is 2.30. The summed E-state index contributed by atoms with van der Waals surface area (Å²) in [5.74, 6) is -0.473. The van der Waals surface area contributed by atoms with Crippen molar-refractivity contribution in [3.63, 3.8) is 0 Å². The highest BCUT2D eigenvalue weighted by molar-refractivity contribution is 7.91. The molecule has 7 heteroatoms. The zero-order valence-corrected chi connectivity index (χ0v) is 14.5. The number of carbonyl (C=O) groups is 1. The van der Waals surface area contributed by atoms with E-state index in [2.05, 4.69) is 0 Å². The Kier molecular flexibility index (Phi) is 5.37. The van der Waals surface area contributed by atoms with Gasteiger partial charge in [0.2, 0.25) is 0 Å². The van der Waals surface area contributed by atoms with E-state index in [0.29, 0.717) is 11.1 Å². The zero-order valence-electron chi connectivity index (χ0n) is 13.7. The van der Waals surface area contributed by atoms with Crippen LogP contribution in [-0.2, 0) is 16.0 Å². The molecule has 0 aliphatic carbocycles. The second kappa shape index (κ2) is 7.00. The lowest BCUT2D eigenvalue weighted by Crippen LogP contribution is -2.11. The lowest BCUT2D eigenvalue weighted by molar-refractivity contribution is -0.137. The quantitative estimate of drug-likeness (QED) is 0.713. The molecule has 0 saturated heterocycles. The molecule has 0 unspecified atom stereocenters. The molecule has 134 valence electrons. The van der Waals surface area contributed by atoms with Crippen LogP contribution in [-0.4, -0.2) is 20.0 Å². The van der Waals surface area contributed by atoms with Gasteiger partial charge in [0, 0.05) is 12.0 Å². The molecule has 3 nitrogen and oxygen atoms in total. The van der Waals surface area contributed by atoms with Gasteiger partial charge in [0.25, 0.3) is 0 Å². The van der Waals surface area contributed by atoms with Crippen LogP contribution in [0.3, 0.4) is 0 Å². The van der Waals surface area contributed by atoms with Crippen LogP contribution >= 0.6 is 0 Å². The molecule has 0 saturated carbocycles. The van der Waals surface area contributed by atoms with E-state index >= 15 is 0 Å². The van der Waals surface area contributed by atoms with Crippen LogP contribution in [0.4, 0.5) is 13.2 Å². The van der Waals surface area contributed by atoms with Crippen LogP contribution in [0.5, 0.6) is 0 Å². The summed E-state index contributed by atoms with van der Waals surface area (Å²) in [5.41, 5.74) is 0.208. The first-order valence-corrected chi connectivity index (χ1v) is 9.33. The molecule has 0 aliphatic rings. The van der Waals surface area contributed by atoms with Crippen molar-refractivity contribution in [2.75, 3.05) is 5.75 Å². The molecule has 2 aromatic carbocycles. The van der Waals surface area contributed by atoms with E-state index in [-0.39, 0.29) is 28.4 Å². The molecule has 0 atom stereocenters. The summed E-state index contributed by atoms with van der Waals surface area (Å²) in [6.45, 7) is 3.11. The van der Waals surface area contributed by atoms with Crippen LogP contribution in [0.15, 0.2) is 47.4 Å². The van der Waals surface area contributed by atoms with Gasteiger partial charge in [-0.05, 0) is 35.4 Å². The number of rotatable bonds is 5. The summed E-state index contributed by atoms with van der Waals surface area (Å²) in [7, 11) is -3.65. The normalized spacial score (nSPS) is 12.2. The fraction of sp³-hybridized carbons (Fsp3) is 0.278. The Morgan fingerprint density at radius 3 is 2.00 bits per heavy atom. The predicted molar refractivity (Wildman–Crippen MR) is 89.2 cm³/mol. The molecule has 0 heterocycles. The van der Waals surface area contributed by atoms with E-state index in [4.69, 9.17) is 0 Å². The average Bonchev–Trinajstić information content (AvgIpc) is 2.60. The van der Waals surface area contributed by atoms with Gasteiger partial charge in [-0.25, -0.2) is 8.42 Å². The van der Waals surface area contributed by atoms with E-state index in [1.807, 2.05) is 0 Å². The average molecular weight is 370 g/mol. The molecule has 0 amide bonds. The highest BCUT2D eigenvalue weighted by atomic mass is 32.2. The monoisotopic (exact) mass is 370 g/mol. The number of hydrogen-bond donors (Lipinski definition) is 0. The van der Waals surface area contributed by atoms with Gasteiger partial charge in [0.15, 0.2) is 15.6 Å². The van der Waals surface area contributed by atoms with E-state index in [0.717, 1.165) is 12.1 Å². The predicted octanol–water partition coefficient (Wildman–Crippen LogP) is 4.76. The Bertz CT molecular complexity index is 883. The Labute approximate surface area is 144 Å². The van der Waals surface area contributed by atoms with E-state index in [9.17, 15) is 26.4 Å². The Hall–Kier alpha value is -2.15. The maximum Gasteiger partial charge on any atom is 0.416 e. The van der Waals surface area contributed by atoms with Crippen molar-refractivity contribution in [2.24, 2.45) is 0 Å². The summed E-state index contributed by atoms with van der Waals surface area (Å²) in [6, 6.07) is 8.75. The fourth-order valence-electron chi connectivity index (χ4n) is 2.39. The van der Waals surface area contributed by atoms with Gasteiger partial charge in [0.05, 0.1) is 16.2 Å². The smallest absolute Gasteiger partial charge is 0.294 e. The van der Waals surface area contributed by atoms with Crippen molar-refractivity contribution in [3.8, 4) is 11.1 Å². The molecule has 0 aliphatic heterocycles. The third-order valence-corrected chi connectivity index (χ3v) is 5.63. The second-order valence-electron chi connectivity index (χ2n) is 5.47. The first-order chi connectivity index (χ1) is 11.6. The molecule has 2 aromatic rings. The molecule has 0 N–H and O–H groups in total. The molecule has 2 rings (SSSR count). The van der Waals surface area contributed by atoms with Gasteiger partial charge in [-0.15, -0.1) is 0 Å². The zero-order chi connectivity index (χ0) is 18.8. The summed E-state index contributed by atoms with van der Waals surface area (Å²) in [6.07, 6.45) is -4.28. The molecular weight excluding hydrogens is 353 g/mol. The molecular formula is C18H17F3O3S. The van der Waals surface area contributed by atoms with Crippen molar-refractivity contribution in [2.45, 2.75) is 31.3 Å². The topological polar surface area (TPSA) is 51.2 Å². The summed E-state index contributed by atoms with van der Waals surface area (Å²) in [4.78, 5) is 11.9. The van der Waals surface area contributed by atoms with Crippen molar-refractivity contribution in [1.82, 2.24) is 0 Å². The largest absolute Gasteiger partial charge is 0.416 e. The summed E-state index contributed by atoms with van der Waals surface area (Å²) >= 11 is 0. The van der Waals surface area contributed by atoms with Gasteiger partial charge in [-0.3, -0.25) is 4.79 Å². The van der Waals surface area contributed by atoms with Crippen LogP contribution in [0.2, 0.25) is 0 Å². The Morgan fingerprint density at radius 1 is 0.960 bits per heavy atom. The molecule has 0 fully saturated rings. The molecule has 0 spiro atoms. The third kappa shape index (κ3) is 4.10. The maximum atomic E-state index is 12.7. The minimum Gasteiger partial charge on any atom is -0.294 e. The number of hydrogen-bond acceptors (Lipinski definition) is 3. The molecule has 0 radical (unpaired) electrons. The van der Waals surface area contributed by atoms with Gasteiger partial charge in [-0.2, -0.15) is 13.2 Å². The molecule has 25 heavy (non-hydrogen) atoms. The van der Waals surface area contributed by atoms with Gasteiger partial charge in [0.1, 0.15) is 0 Å². The van der Waals surface area contributed by atoms with Crippen LogP contribution in [0, 0.1) is 0 Å². The minimum absolute atomic E-state index is 0.0840. The third-order valence-electron chi connectivity index (χ3n) is 3.86. The first-order valence-electron chi connectivity index (χ1n) is 7.67. The Morgan fingerprint density at radius 2 is 1.52 bits per heavy atom. The van der Waals surface area contributed by atoms with Crippen LogP contribution in [0.25, 0.3) is 11.1 Å². The number of ketones is 1. The summed E-state index contributed by atoms with van der Waals surface area (Å²) in [5, 5.41) is 0. The standard InChI is InChI=1S/C18H17F3O3S/c1-3-16(22)15-10-7-13(11-17(15)25(23,24)4-2)12-5-8-14(9-6-12)18(19,20)21/h5-11H,3-4H2,1-2H3. The number of halogens is 3. The van der Waals surface area contributed by atoms with Crippen molar-refractivity contribution in [1.29, 1.82) is 0 Å². The maximum absolute atomic E-state index is 12.7. The van der Waals surface area contributed by atoms with Crippen LogP contribution < -0.4 is 0 Å². The van der Waals surface area contributed by atoms with Crippen molar-refractivity contribution < 1.29 is 26.4 Å². The minimum atomic E-state index is -4.44. The van der Waals surface area contributed by atoms with Crippen molar-refractivity contribution in [3.05, 3.63) is 53.6 Å². The number of carbonyl (C=O) groups excluding carboxylic acids is 1. The molecule has 0 bridgehead atoms. The van der Waals surface area contributed by atoms with Crippen molar-refractivity contribution >= 4 is 15.6 Å².